The van der Waals surface area contributed by atoms with E-state index in [0.717, 1.165) is 12.8 Å². The van der Waals surface area contributed by atoms with E-state index in [0.29, 0.717) is 13.1 Å². The fraction of sp³-hybridized carbons (Fsp3) is 0.800. The van der Waals surface area contributed by atoms with Crippen molar-refractivity contribution in [2.24, 2.45) is 0 Å². The highest BCUT2D eigenvalue weighted by Crippen LogP contribution is 2.36. The molecule has 0 bridgehead atoms. The molecule has 0 radical (unpaired) electrons. The first-order chi connectivity index (χ1) is 7.09. The van der Waals surface area contributed by atoms with Gasteiger partial charge in [0.15, 0.2) is 0 Å². The second-order valence-corrected chi connectivity index (χ2v) is 3.97. The Balaban J connectivity index is 2.61. The molecule has 1 aliphatic heterocycles. The summed E-state index contributed by atoms with van der Waals surface area (Å²) in [5, 5.41) is -0.628. The van der Waals surface area contributed by atoms with E-state index in [1.807, 2.05) is 0 Å². The van der Waals surface area contributed by atoms with Crippen molar-refractivity contribution in [1.29, 1.82) is 0 Å². The van der Waals surface area contributed by atoms with E-state index >= 15 is 0 Å². The molecule has 0 amide bonds. The van der Waals surface area contributed by atoms with Gasteiger partial charge in [-0.2, -0.15) is 0 Å². The molecule has 4 nitrogen and oxygen atoms in total. The van der Waals surface area contributed by atoms with Crippen molar-refractivity contribution in [3.05, 3.63) is 0 Å². The number of unbranched alkanes of at least 4 members (excludes halogenated alkanes) is 1. The van der Waals surface area contributed by atoms with Crippen molar-refractivity contribution in [2.45, 2.75) is 32.2 Å². The van der Waals surface area contributed by atoms with E-state index in [-0.39, 0.29) is 6.61 Å². The fourth-order valence-electron chi connectivity index (χ4n) is 1.57. The molecule has 2 atom stereocenters. The SMILES string of the molecule is CCCCN1CC1(C(=O)Cl)C(=O)OCC. The van der Waals surface area contributed by atoms with Crippen LogP contribution in [0, 0.1) is 0 Å². The molecule has 15 heavy (non-hydrogen) atoms. The highest BCUT2D eigenvalue weighted by Gasteiger charge is 2.64. The van der Waals surface area contributed by atoms with Gasteiger partial charge in [0.1, 0.15) is 0 Å². The Bertz CT molecular complexity index is 269. The predicted molar refractivity (Wildman–Crippen MR) is 56.7 cm³/mol. The molecule has 0 saturated carbocycles. The Kier molecular flexibility index (Phi) is 4.11. The van der Waals surface area contributed by atoms with Crippen molar-refractivity contribution in [1.82, 2.24) is 4.90 Å². The van der Waals surface area contributed by atoms with Crippen LogP contribution in [0.4, 0.5) is 0 Å². The lowest BCUT2D eigenvalue weighted by atomic mass is 10.2. The predicted octanol–water partition coefficient (Wildman–Crippen LogP) is 1.17. The number of nitrogens with zero attached hydrogens (tertiary/aromatic N) is 1. The van der Waals surface area contributed by atoms with E-state index < -0.39 is 16.8 Å². The zero-order valence-electron chi connectivity index (χ0n) is 9.09. The first-order valence-electron chi connectivity index (χ1n) is 5.21. The number of hydrogen-bond donors (Lipinski definition) is 0. The number of esters is 1. The summed E-state index contributed by atoms with van der Waals surface area (Å²) in [5.74, 6) is -0.513. The van der Waals surface area contributed by atoms with Crippen molar-refractivity contribution in [3.63, 3.8) is 0 Å². The maximum atomic E-state index is 11.6. The molecule has 1 fully saturated rings. The van der Waals surface area contributed by atoms with Crippen LogP contribution in [0.3, 0.4) is 0 Å². The van der Waals surface area contributed by atoms with Crippen LogP contribution in [0.15, 0.2) is 0 Å². The third kappa shape index (κ3) is 2.32. The summed E-state index contributed by atoms with van der Waals surface area (Å²) in [6.45, 7) is 5.15. The lowest BCUT2D eigenvalue weighted by Gasteiger charge is -2.11. The lowest BCUT2D eigenvalue weighted by Crippen LogP contribution is -2.37. The number of carbonyl (C=O) groups is 2. The molecule has 1 heterocycles. The van der Waals surface area contributed by atoms with Gasteiger partial charge in [0, 0.05) is 6.54 Å². The lowest BCUT2D eigenvalue weighted by molar-refractivity contribution is -0.149. The Morgan fingerprint density at radius 3 is 2.60 bits per heavy atom. The maximum Gasteiger partial charge on any atom is 0.337 e. The minimum absolute atomic E-state index is 0.270. The van der Waals surface area contributed by atoms with E-state index in [9.17, 15) is 9.59 Å². The van der Waals surface area contributed by atoms with E-state index in [4.69, 9.17) is 16.3 Å². The fourth-order valence-corrected chi connectivity index (χ4v) is 1.83. The summed E-state index contributed by atoms with van der Waals surface area (Å²) in [4.78, 5) is 24.6. The van der Waals surface area contributed by atoms with Gasteiger partial charge in [-0.3, -0.25) is 9.69 Å². The van der Waals surface area contributed by atoms with Gasteiger partial charge < -0.3 is 4.74 Å². The Hall–Kier alpha value is -0.610. The van der Waals surface area contributed by atoms with Gasteiger partial charge >= 0.3 is 5.97 Å². The van der Waals surface area contributed by atoms with Crippen molar-refractivity contribution in [2.75, 3.05) is 19.7 Å². The molecule has 0 N–H and O–H groups in total. The van der Waals surface area contributed by atoms with Gasteiger partial charge in [0.25, 0.3) is 5.24 Å². The van der Waals surface area contributed by atoms with Crippen LogP contribution >= 0.6 is 11.6 Å². The van der Waals surface area contributed by atoms with Crippen LogP contribution in [0.5, 0.6) is 0 Å². The number of ether oxygens (including phenoxy) is 1. The van der Waals surface area contributed by atoms with Crippen molar-refractivity contribution in [3.8, 4) is 0 Å². The largest absolute Gasteiger partial charge is 0.464 e. The number of halogens is 1. The zero-order chi connectivity index (χ0) is 11.5. The summed E-state index contributed by atoms with van der Waals surface area (Å²) in [5.41, 5.74) is -1.17. The van der Waals surface area contributed by atoms with Crippen LogP contribution in [0.25, 0.3) is 0 Å². The summed E-state index contributed by atoms with van der Waals surface area (Å²) in [6.07, 6.45) is 1.97. The number of hydrogen-bond acceptors (Lipinski definition) is 4. The normalized spacial score (nSPS) is 28.6. The van der Waals surface area contributed by atoms with Crippen molar-refractivity contribution < 1.29 is 14.3 Å². The summed E-state index contributed by atoms with van der Waals surface area (Å²) >= 11 is 5.45. The molecule has 1 aliphatic rings. The average Bonchev–Trinajstić information content (AvgIpc) is 2.90. The Morgan fingerprint density at radius 2 is 2.13 bits per heavy atom. The topological polar surface area (TPSA) is 46.4 Å². The quantitative estimate of drug-likeness (QED) is 0.299. The smallest absolute Gasteiger partial charge is 0.337 e. The molecule has 2 unspecified atom stereocenters. The second kappa shape index (κ2) is 4.94. The third-order valence-corrected chi connectivity index (χ3v) is 2.89. The minimum atomic E-state index is -1.17. The zero-order valence-corrected chi connectivity index (χ0v) is 9.84. The average molecular weight is 234 g/mol. The van der Waals surface area contributed by atoms with Crippen LogP contribution in [-0.2, 0) is 14.3 Å². The molecule has 86 valence electrons. The molecule has 0 aromatic rings. The summed E-state index contributed by atoms with van der Waals surface area (Å²) < 4.78 is 4.85. The van der Waals surface area contributed by atoms with Crippen LogP contribution in [0.1, 0.15) is 26.7 Å². The van der Waals surface area contributed by atoms with Crippen LogP contribution in [0.2, 0.25) is 0 Å². The van der Waals surface area contributed by atoms with Crippen molar-refractivity contribution >= 4 is 22.8 Å². The van der Waals surface area contributed by atoms with Gasteiger partial charge in [0.2, 0.25) is 5.54 Å². The van der Waals surface area contributed by atoms with Gasteiger partial charge in [0.05, 0.1) is 6.61 Å². The standard InChI is InChI=1S/C10H16ClNO3/c1-3-5-6-12-7-10(12,8(11)13)9(14)15-4-2/h3-7H2,1-2H3. The molecule has 1 saturated heterocycles. The summed E-state index contributed by atoms with van der Waals surface area (Å²) in [7, 11) is 0. The first-order valence-corrected chi connectivity index (χ1v) is 5.59. The Morgan fingerprint density at radius 1 is 1.47 bits per heavy atom. The highest BCUT2D eigenvalue weighted by molar-refractivity contribution is 6.68. The van der Waals surface area contributed by atoms with Gasteiger partial charge in [-0.15, -0.1) is 0 Å². The number of carbonyl (C=O) groups excluding carboxylic acids is 2. The molecule has 1 rings (SSSR count). The third-order valence-electron chi connectivity index (χ3n) is 2.58. The van der Waals surface area contributed by atoms with Crippen LogP contribution in [-0.4, -0.2) is 41.3 Å². The molecular formula is C10H16ClNO3. The maximum absolute atomic E-state index is 11.6. The molecule has 0 aromatic carbocycles. The van der Waals surface area contributed by atoms with E-state index in [1.165, 1.54) is 0 Å². The van der Waals surface area contributed by atoms with Crippen LogP contribution < -0.4 is 0 Å². The van der Waals surface area contributed by atoms with Gasteiger partial charge in [-0.05, 0) is 31.5 Å². The molecule has 0 spiro atoms. The van der Waals surface area contributed by atoms with Gasteiger partial charge in [-0.1, -0.05) is 13.3 Å². The molecule has 0 aromatic heterocycles. The first kappa shape index (κ1) is 12.5. The monoisotopic (exact) mass is 233 g/mol. The Labute approximate surface area is 94.5 Å². The summed E-state index contributed by atoms with van der Waals surface area (Å²) in [6, 6.07) is 0. The highest BCUT2D eigenvalue weighted by atomic mass is 35.5. The molecule has 5 heteroatoms. The van der Waals surface area contributed by atoms with E-state index in [2.05, 4.69) is 6.92 Å². The molecule has 0 aliphatic carbocycles. The molecular weight excluding hydrogens is 218 g/mol. The van der Waals surface area contributed by atoms with Gasteiger partial charge in [-0.25, -0.2) is 4.79 Å². The second-order valence-electron chi connectivity index (χ2n) is 3.63. The van der Waals surface area contributed by atoms with E-state index in [1.54, 1.807) is 11.8 Å². The minimum Gasteiger partial charge on any atom is -0.464 e. The number of rotatable bonds is 6.